The van der Waals surface area contributed by atoms with Crippen LogP contribution in [0, 0.1) is 23.0 Å². The first-order valence-electron chi connectivity index (χ1n) is 21.7. The van der Waals surface area contributed by atoms with E-state index in [0.29, 0.717) is 56.3 Å². The highest BCUT2D eigenvalue weighted by Gasteiger charge is 2.24. The van der Waals surface area contributed by atoms with Gasteiger partial charge in [0.15, 0.2) is 0 Å². The fourth-order valence-electron chi connectivity index (χ4n) is 6.39. The number of nitrogens with two attached hydrogens (primary N) is 1. The average Bonchev–Trinajstić information content (AvgIpc) is 3.27. The molecule has 0 saturated carbocycles. The van der Waals surface area contributed by atoms with Gasteiger partial charge in [0.2, 0.25) is 0 Å². The minimum absolute atomic E-state index is 0.0252. The summed E-state index contributed by atoms with van der Waals surface area (Å²) in [6.45, 7) is 13.0. The first kappa shape index (κ1) is 50.3. The van der Waals surface area contributed by atoms with Crippen molar-refractivity contribution in [3.05, 3.63) is 191 Å². The summed E-state index contributed by atoms with van der Waals surface area (Å²) >= 11 is 0. The Balaban J connectivity index is 0.000000251. The first-order chi connectivity index (χ1) is 31.8. The summed E-state index contributed by atoms with van der Waals surface area (Å²) in [6, 6.07) is 44.1. The van der Waals surface area contributed by atoms with Crippen molar-refractivity contribution < 1.29 is 42.1 Å². The van der Waals surface area contributed by atoms with E-state index in [9.17, 15) is 23.2 Å². The van der Waals surface area contributed by atoms with Crippen molar-refractivity contribution in [3.8, 4) is 29.1 Å². The van der Waals surface area contributed by atoms with Crippen LogP contribution in [0.3, 0.4) is 0 Å². The van der Waals surface area contributed by atoms with Crippen LogP contribution in [0.15, 0.2) is 146 Å². The smallest absolute Gasteiger partial charge is 0.410 e. The number of hydrogen-bond acceptors (Lipinski definition) is 8. The molecule has 6 aromatic carbocycles. The lowest BCUT2D eigenvalue weighted by Gasteiger charge is -2.27. The summed E-state index contributed by atoms with van der Waals surface area (Å²) in [5, 5.41) is 8.83. The van der Waals surface area contributed by atoms with Gasteiger partial charge in [0, 0.05) is 38.3 Å². The molecule has 0 fully saturated rings. The van der Waals surface area contributed by atoms with Crippen LogP contribution in [0.4, 0.5) is 18.4 Å². The van der Waals surface area contributed by atoms with Gasteiger partial charge in [0.05, 0.1) is 11.1 Å². The maximum atomic E-state index is 13.9. The zero-order chi connectivity index (χ0) is 48.6. The molecule has 0 spiro atoms. The van der Waals surface area contributed by atoms with Crippen LogP contribution >= 0.6 is 0 Å². The van der Waals surface area contributed by atoms with Gasteiger partial charge in [0.25, 0.3) is 5.91 Å². The van der Waals surface area contributed by atoms with Crippen molar-refractivity contribution in [3.63, 3.8) is 0 Å². The quantitative estimate of drug-likeness (QED) is 0.107. The van der Waals surface area contributed by atoms with Gasteiger partial charge in [-0.3, -0.25) is 4.79 Å². The Morgan fingerprint density at radius 3 is 1.28 bits per heavy atom. The maximum Gasteiger partial charge on any atom is 0.410 e. The zero-order valence-electron chi connectivity index (χ0n) is 38.6. The molecule has 13 heteroatoms. The minimum atomic E-state index is -0.832. The number of benzene rings is 6. The third-order valence-electron chi connectivity index (χ3n) is 9.66. The summed E-state index contributed by atoms with van der Waals surface area (Å²) in [6.07, 6.45) is 0.540. The Kier molecular flexibility index (Phi) is 17.6. The molecular formula is C54H56F2N4O7. The molecule has 6 rings (SSSR count). The lowest BCUT2D eigenvalue weighted by Crippen LogP contribution is -2.37. The highest BCUT2D eigenvalue weighted by molar-refractivity contribution is 5.93. The number of halogens is 2. The molecule has 0 bridgehead atoms. The van der Waals surface area contributed by atoms with Crippen LogP contribution in [-0.2, 0) is 35.4 Å². The lowest BCUT2D eigenvalue weighted by molar-refractivity contribution is 0.0225. The monoisotopic (exact) mass is 910 g/mol. The van der Waals surface area contributed by atoms with Gasteiger partial charge >= 0.3 is 12.2 Å². The lowest BCUT2D eigenvalue weighted by atomic mass is 10.1. The Morgan fingerprint density at radius 2 is 0.925 bits per heavy atom. The van der Waals surface area contributed by atoms with E-state index in [1.807, 2.05) is 126 Å². The van der Waals surface area contributed by atoms with Gasteiger partial charge in [-0.2, -0.15) is 5.26 Å². The number of carbonyl (C=O) groups is 3. The summed E-state index contributed by atoms with van der Waals surface area (Å²) in [7, 11) is 0. The van der Waals surface area contributed by atoms with Gasteiger partial charge in [-0.15, -0.1) is 0 Å². The van der Waals surface area contributed by atoms with Crippen LogP contribution in [0.2, 0.25) is 0 Å². The largest absolute Gasteiger partial charge is 0.457 e. The summed E-state index contributed by atoms with van der Waals surface area (Å²) in [4.78, 5) is 40.1. The summed E-state index contributed by atoms with van der Waals surface area (Å²) in [5.41, 5.74) is 7.83. The highest BCUT2D eigenvalue weighted by atomic mass is 19.1. The Bertz CT molecular complexity index is 2610. The second-order valence-electron chi connectivity index (χ2n) is 17.5. The van der Waals surface area contributed by atoms with E-state index < -0.39 is 28.7 Å². The molecule has 0 aliphatic carbocycles. The van der Waals surface area contributed by atoms with Crippen molar-refractivity contribution in [2.45, 2.75) is 78.7 Å². The molecule has 348 valence electrons. The topological polar surface area (TPSA) is 144 Å². The number of carbonyl (C=O) groups excluding carboxylic acids is 3. The molecule has 0 aliphatic heterocycles. The number of rotatable bonds is 15. The van der Waals surface area contributed by atoms with Gasteiger partial charge in [-0.05, 0) is 125 Å². The van der Waals surface area contributed by atoms with Gasteiger partial charge in [-0.1, -0.05) is 84.9 Å². The molecule has 3 amide bonds. The molecule has 6 aromatic rings. The van der Waals surface area contributed by atoms with Crippen LogP contribution in [-0.4, -0.2) is 52.2 Å². The van der Waals surface area contributed by atoms with E-state index in [4.69, 9.17) is 29.9 Å². The molecular weight excluding hydrogens is 855 g/mol. The number of primary amides is 1. The number of amides is 3. The molecule has 0 heterocycles. The van der Waals surface area contributed by atoms with Crippen LogP contribution < -0.4 is 15.2 Å². The van der Waals surface area contributed by atoms with Crippen molar-refractivity contribution in [2.24, 2.45) is 5.73 Å². The number of ether oxygens (including phenoxy) is 4. The van der Waals surface area contributed by atoms with Crippen LogP contribution in [0.25, 0.3) is 0 Å². The van der Waals surface area contributed by atoms with E-state index in [1.165, 1.54) is 24.3 Å². The Hall–Kier alpha value is -7.72. The van der Waals surface area contributed by atoms with E-state index in [-0.39, 0.29) is 29.1 Å². The summed E-state index contributed by atoms with van der Waals surface area (Å²) in [5.74, 6) is -0.539. The van der Waals surface area contributed by atoms with Crippen LogP contribution in [0.5, 0.6) is 23.0 Å². The van der Waals surface area contributed by atoms with Crippen molar-refractivity contribution in [1.82, 2.24) is 9.80 Å². The highest BCUT2D eigenvalue weighted by Crippen LogP contribution is 2.26. The van der Waals surface area contributed by atoms with E-state index in [2.05, 4.69) is 0 Å². The van der Waals surface area contributed by atoms with Gasteiger partial charge in [-0.25, -0.2) is 18.4 Å². The third-order valence-corrected chi connectivity index (χ3v) is 9.66. The normalized spacial score (nSPS) is 11.0. The number of nitriles is 1. The van der Waals surface area contributed by atoms with Crippen molar-refractivity contribution >= 4 is 18.1 Å². The second-order valence-corrected chi connectivity index (χ2v) is 17.5. The van der Waals surface area contributed by atoms with Crippen molar-refractivity contribution in [1.29, 1.82) is 5.26 Å². The number of nitrogens with zero attached hydrogens (tertiary/aromatic N) is 3. The molecule has 0 unspecified atom stereocenters. The van der Waals surface area contributed by atoms with Gasteiger partial charge in [0.1, 0.15) is 51.9 Å². The predicted molar refractivity (Wildman–Crippen MR) is 253 cm³/mol. The second kappa shape index (κ2) is 23.5. The van der Waals surface area contributed by atoms with E-state index in [0.717, 1.165) is 28.3 Å². The van der Waals surface area contributed by atoms with Crippen LogP contribution in [0.1, 0.15) is 79.7 Å². The fourth-order valence-corrected chi connectivity index (χ4v) is 6.39. The van der Waals surface area contributed by atoms with E-state index in [1.54, 1.807) is 46.2 Å². The molecule has 0 aliphatic rings. The standard InChI is InChI=1S/C27H29FN2O4.C27H27FN2O3/c1-27(2,3)34-26(32)30(18-20-7-5-4-6-8-20)16-15-19-9-11-21(12-10-19)33-22-13-14-23(25(29)31)24(28)17-22;1-27(2,3)33-26(31)30(19-21-7-5-4-6-8-21)16-15-20-9-12-23(13-10-20)32-24-14-11-22(18-29)25(28)17-24/h4-14,17H,15-16,18H2,1-3H3,(H2,29,31);4-14,17H,15-16,19H2,1-3H3. The molecule has 0 aromatic heterocycles. The summed E-state index contributed by atoms with van der Waals surface area (Å²) < 4.78 is 50.2. The third kappa shape index (κ3) is 17.0. The number of hydrogen-bond donors (Lipinski definition) is 1. The maximum absolute atomic E-state index is 13.9. The van der Waals surface area contributed by atoms with Crippen molar-refractivity contribution in [2.75, 3.05) is 13.1 Å². The van der Waals surface area contributed by atoms with E-state index >= 15 is 0 Å². The SMILES string of the molecule is CC(C)(C)OC(=O)N(CCc1ccc(Oc2ccc(C#N)c(F)c2)cc1)Cc1ccccc1.CC(C)(C)OC(=O)N(CCc1ccc(Oc2ccc(C(N)=O)c(F)c2)cc1)Cc1ccccc1. The first-order valence-corrected chi connectivity index (χ1v) is 21.7. The Labute approximate surface area is 391 Å². The molecule has 67 heavy (non-hydrogen) atoms. The predicted octanol–water partition coefficient (Wildman–Crippen LogP) is 12.2. The molecule has 0 saturated heterocycles. The molecule has 0 radical (unpaired) electrons. The fraction of sp³-hybridized carbons (Fsp3) is 0.259. The minimum Gasteiger partial charge on any atom is -0.457 e. The average molecular weight is 911 g/mol. The molecule has 0 atom stereocenters. The zero-order valence-corrected chi connectivity index (χ0v) is 38.6. The van der Waals surface area contributed by atoms with Gasteiger partial charge < -0.3 is 34.5 Å². The Morgan fingerprint density at radius 1 is 0.537 bits per heavy atom. The molecule has 2 N–H and O–H groups in total. The molecule has 11 nitrogen and oxygen atoms in total.